The molecule has 1 fully saturated rings. The number of rotatable bonds is 4. The molecule has 0 bridgehead atoms. The summed E-state index contributed by atoms with van der Waals surface area (Å²) >= 11 is 0. The van der Waals surface area contributed by atoms with Gasteiger partial charge in [0.15, 0.2) is 11.5 Å². The lowest BCUT2D eigenvalue weighted by Crippen LogP contribution is -2.49. The van der Waals surface area contributed by atoms with E-state index in [9.17, 15) is 9.90 Å². The summed E-state index contributed by atoms with van der Waals surface area (Å²) in [6.45, 7) is 2.14. The molecule has 3 rings (SSSR count). The van der Waals surface area contributed by atoms with Crippen LogP contribution in [0.3, 0.4) is 0 Å². The van der Waals surface area contributed by atoms with Crippen LogP contribution in [0.4, 0.5) is 0 Å². The van der Waals surface area contributed by atoms with Crippen LogP contribution in [0.2, 0.25) is 0 Å². The Morgan fingerprint density at radius 1 is 1.33 bits per heavy atom. The largest absolute Gasteiger partial charge is 0.486 e. The Hall–Kier alpha value is -1.79. The van der Waals surface area contributed by atoms with Crippen molar-refractivity contribution in [3.8, 4) is 11.5 Å². The summed E-state index contributed by atoms with van der Waals surface area (Å²) < 4.78 is 11.0. The number of benzene rings is 1. The zero-order chi connectivity index (χ0) is 14.7. The van der Waals surface area contributed by atoms with Crippen LogP contribution in [0, 0.1) is 0 Å². The summed E-state index contributed by atoms with van der Waals surface area (Å²) in [5.74, 6) is 1.38. The minimum atomic E-state index is -0.685. The van der Waals surface area contributed by atoms with E-state index >= 15 is 0 Å². The second-order valence-corrected chi connectivity index (χ2v) is 5.31. The van der Waals surface area contributed by atoms with Gasteiger partial charge in [-0.05, 0) is 30.5 Å². The average molecular weight is 292 g/mol. The zero-order valence-electron chi connectivity index (χ0n) is 11.8. The Morgan fingerprint density at radius 3 is 2.95 bits per heavy atom. The van der Waals surface area contributed by atoms with Gasteiger partial charge in [0.25, 0.3) is 0 Å². The molecule has 2 aliphatic heterocycles. The molecule has 1 amide bonds. The first-order valence-corrected chi connectivity index (χ1v) is 7.33. The highest BCUT2D eigenvalue weighted by molar-refractivity contribution is 5.82. The van der Waals surface area contributed by atoms with Crippen molar-refractivity contribution in [2.75, 3.05) is 26.3 Å². The third-order valence-corrected chi connectivity index (χ3v) is 3.79. The van der Waals surface area contributed by atoms with Gasteiger partial charge in [-0.1, -0.05) is 6.07 Å². The molecule has 1 aromatic rings. The first kappa shape index (κ1) is 14.2. The van der Waals surface area contributed by atoms with E-state index in [4.69, 9.17) is 9.47 Å². The van der Waals surface area contributed by atoms with Crippen LogP contribution in [0.1, 0.15) is 24.5 Å². The van der Waals surface area contributed by atoms with Gasteiger partial charge in [-0.3, -0.25) is 4.79 Å². The molecule has 6 heteroatoms. The predicted molar refractivity (Wildman–Crippen MR) is 76.4 cm³/mol. The van der Waals surface area contributed by atoms with E-state index in [1.54, 1.807) is 12.1 Å². The number of amides is 1. The fourth-order valence-corrected chi connectivity index (χ4v) is 2.61. The van der Waals surface area contributed by atoms with E-state index < -0.39 is 6.10 Å². The Labute approximate surface area is 123 Å². The maximum atomic E-state index is 11.6. The van der Waals surface area contributed by atoms with E-state index in [0.29, 0.717) is 31.3 Å². The summed E-state index contributed by atoms with van der Waals surface area (Å²) in [5.41, 5.74) is 0.753. The molecule has 0 saturated carbocycles. The molecule has 0 spiro atoms. The molecule has 1 saturated heterocycles. The van der Waals surface area contributed by atoms with Gasteiger partial charge in [-0.15, -0.1) is 0 Å². The highest BCUT2D eigenvalue weighted by atomic mass is 16.6. The van der Waals surface area contributed by atoms with Crippen LogP contribution in [0.5, 0.6) is 11.5 Å². The number of fused-ring (bicyclic) bond motifs is 1. The molecule has 6 nitrogen and oxygen atoms in total. The fraction of sp³-hybridized carbons (Fsp3) is 0.533. The van der Waals surface area contributed by atoms with Gasteiger partial charge in [0.1, 0.15) is 13.2 Å². The molecule has 2 unspecified atom stereocenters. The molecule has 21 heavy (non-hydrogen) atoms. The summed E-state index contributed by atoms with van der Waals surface area (Å²) in [5, 5.41) is 16.2. The lowest BCUT2D eigenvalue weighted by molar-refractivity contribution is -0.124. The number of ether oxygens (including phenoxy) is 2. The normalized spacial score (nSPS) is 22.5. The number of aliphatic hydroxyl groups is 1. The smallest absolute Gasteiger partial charge is 0.237 e. The lowest BCUT2D eigenvalue weighted by atomic mass is 10.0. The van der Waals surface area contributed by atoms with E-state index in [-0.39, 0.29) is 11.9 Å². The van der Waals surface area contributed by atoms with Crippen molar-refractivity contribution in [3.05, 3.63) is 23.8 Å². The van der Waals surface area contributed by atoms with Gasteiger partial charge in [0.2, 0.25) is 5.91 Å². The highest BCUT2D eigenvalue weighted by Gasteiger charge is 2.23. The van der Waals surface area contributed by atoms with Crippen LogP contribution >= 0.6 is 0 Å². The molecule has 2 heterocycles. The molecular formula is C15H20N2O4. The average Bonchev–Trinajstić information content (AvgIpc) is 2.53. The minimum Gasteiger partial charge on any atom is -0.486 e. The second-order valence-electron chi connectivity index (χ2n) is 5.31. The Kier molecular flexibility index (Phi) is 4.26. The number of carbonyl (C=O) groups excluding carboxylic acids is 1. The fourth-order valence-electron chi connectivity index (χ4n) is 2.61. The summed E-state index contributed by atoms with van der Waals surface area (Å²) in [6, 6.07) is 5.20. The molecule has 3 N–H and O–H groups in total. The molecule has 114 valence electrons. The van der Waals surface area contributed by atoms with Crippen LogP contribution in [0.15, 0.2) is 18.2 Å². The molecule has 0 aliphatic carbocycles. The van der Waals surface area contributed by atoms with Gasteiger partial charge in [0, 0.05) is 13.1 Å². The minimum absolute atomic E-state index is 0.00984. The first-order valence-electron chi connectivity index (χ1n) is 7.33. The Balaban J connectivity index is 1.60. The van der Waals surface area contributed by atoms with Crippen LogP contribution in [0.25, 0.3) is 0 Å². The number of nitrogens with one attached hydrogen (secondary N) is 2. The number of piperidine rings is 1. The number of hydrogen-bond acceptors (Lipinski definition) is 5. The third-order valence-electron chi connectivity index (χ3n) is 3.79. The van der Waals surface area contributed by atoms with Gasteiger partial charge in [-0.25, -0.2) is 0 Å². The molecule has 2 atom stereocenters. The van der Waals surface area contributed by atoms with Gasteiger partial charge >= 0.3 is 0 Å². The van der Waals surface area contributed by atoms with Gasteiger partial charge in [-0.2, -0.15) is 0 Å². The van der Waals surface area contributed by atoms with E-state index in [2.05, 4.69) is 10.6 Å². The number of aliphatic hydroxyl groups excluding tert-OH is 1. The van der Waals surface area contributed by atoms with E-state index in [1.165, 1.54) is 0 Å². The van der Waals surface area contributed by atoms with E-state index in [0.717, 1.165) is 24.9 Å². The topological polar surface area (TPSA) is 79.8 Å². The maximum Gasteiger partial charge on any atom is 0.237 e. The lowest BCUT2D eigenvalue weighted by Gasteiger charge is -2.24. The number of carbonyl (C=O) groups is 1. The predicted octanol–water partition coefficient (Wildman–Crippen LogP) is 0.359. The summed E-state index contributed by atoms with van der Waals surface area (Å²) in [7, 11) is 0. The molecule has 0 aromatic heterocycles. The second kappa shape index (κ2) is 6.32. The van der Waals surface area contributed by atoms with Crippen molar-refractivity contribution < 1.29 is 19.4 Å². The molecule has 2 aliphatic rings. The van der Waals surface area contributed by atoms with Crippen molar-refractivity contribution >= 4 is 5.91 Å². The zero-order valence-corrected chi connectivity index (χ0v) is 11.8. The maximum absolute atomic E-state index is 11.6. The Bertz CT molecular complexity index is 520. The van der Waals surface area contributed by atoms with Crippen LogP contribution < -0.4 is 20.1 Å². The highest BCUT2D eigenvalue weighted by Crippen LogP contribution is 2.32. The summed E-state index contributed by atoms with van der Waals surface area (Å²) in [6.07, 6.45) is 1.08. The first-order chi connectivity index (χ1) is 10.2. The van der Waals surface area contributed by atoms with Crippen LogP contribution in [-0.4, -0.2) is 43.4 Å². The quantitative estimate of drug-likeness (QED) is 0.747. The third kappa shape index (κ3) is 3.28. The van der Waals surface area contributed by atoms with Crippen molar-refractivity contribution in [1.29, 1.82) is 0 Å². The van der Waals surface area contributed by atoms with E-state index in [1.807, 2.05) is 6.07 Å². The van der Waals surface area contributed by atoms with Crippen molar-refractivity contribution in [2.24, 2.45) is 0 Å². The van der Waals surface area contributed by atoms with Gasteiger partial charge < -0.3 is 25.2 Å². The standard InChI is InChI=1S/C15H20N2O4/c18-12(9-17-11-2-1-5-16-15(11)19)10-3-4-13-14(8-10)21-7-6-20-13/h3-4,8,11-12,17-18H,1-2,5-7,9H2,(H,16,19). The van der Waals surface area contributed by atoms with Crippen LogP contribution in [-0.2, 0) is 4.79 Å². The number of hydrogen-bond donors (Lipinski definition) is 3. The van der Waals surface area contributed by atoms with Crippen molar-refractivity contribution in [1.82, 2.24) is 10.6 Å². The Morgan fingerprint density at radius 2 is 2.14 bits per heavy atom. The molecule has 0 radical (unpaired) electrons. The monoisotopic (exact) mass is 292 g/mol. The van der Waals surface area contributed by atoms with Gasteiger partial charge in [0.05, 0.1) is 12.1 Å². The SMILES string of the molecule is O=C1NCCCC1NCC(O)c1ccc2c(c1)OCCO2. The van der Waals surface area contributed by atoms with Crippen molar-refractivity contribution in [3.63, 3.8) is 0 Å². The summed E-state index contributed by atoms with van der Waals surface area (Å²) in [4.78, 5) is 11.6. The molecular weight excluding hydrogens is 272 g/mol. The van der Waals surface area contributed by atoms with Crippen molar-refractivity contribution in [2.45, 2.75) is 25.0 Å². The molecule has 1 aromatic carbocycles.